The molecule has 0 spiro atoms. The molecule has 2 N–H and O–H groups in total. The van der Waals surface area contributed by atoms with Crippen molar-refractivity contribution in [3.8, 4) is 5.88 Å². The van der Waals surface area contributed by atoms with Gasteiger partial charge in [-0.15, -0.1) is 5.10 Å². The molecule has 138 valence electrons. The van der Waals surface area contributed by atoms with Gasteiger partial charge in [0.2, 0.25) is 5.88 Å². The summed E-state index contributed by atoms with van der Waals surface area (Å²) in [5, 5.41) is 13.6. The van der Waals surface area contributed by atoms with Gasteiger partial charge in [0.05, 0.1) is 18.4 Å². The van der Waals surface area contributed by atoms with Crippen molar-refractivity contribution in [2.75, 3.05) is 5.32 Å². The fourth-order valence-corrected chi connectivity index (χ4v) is 2.58. The van der Waals surface area contributed by atoms with Crippen LogP contribution in [0.2, 0.25) is 0 Å². The number of rotatable bonds is 6. The van der Waals surface area contributed by atoms with E-state index < -0.39 is 6.61 Å². The largest absolute Gasteiger partial charge is 0.415 e. The second-order valence-corrected chi connectivity index (χ2v) is 5.66. The van der Waals surface area contributed by atoms with Crippen molar-refractivity contribution >= 4 is 22.8 Å². The van der Waals surface area contributed by atoms with Gasteiger partial charge in [0.15, 0.2) is 11.5 Å². The molecule has 0 saturated heterocycles. The van der Waals surface area contributed by atoms with Crippen LogP contribution in [0.1, 0.15) is 11.3 Å². The first-order valence-corrected chi connectivity index (χ1v) is 7.95. The Hall–Kier alpha value is -3.63. The van der Waals surface area contributed by atoms with Gasteiger partial charge in [-0.25, -0.2) is 14.6 Å². The maximum Gasteiger partial charge on any atom is 0.388 e. The van der Waals surface area contributed by atoms with Crippen LogP contribution in [0, 0.1) is 6.92 Å². The Labute approximate surface area is 151 Å². The third-order valence-corrected chi connectivity index (χ3v) is 3.69. The Bertz CT molecular complexity index is 1060. The standard InChI is InChI=1S/C16H14F2N8O/c1-9-14-15(26(25-9)8-10-3-2-4-19-6-10)22-12(7-20-14)21-11-5-13(24-23-11)27-16(17)18/h2-7,16H,8H2,1H3,(H2,21,22,23,24). The zero-order valence-electron chi connectivity index (χ0n) is 14.1. The van der Waals surface area contributed by atoms with Crippen molar-refractivity contribution < 1.29 is 13.5 Å². The number of hydrogen-bond acceptors (Lipinski definition) is 7. The zero-order valence-corrected chi connectivity index (χ0v) is 14.1. The van der Waals surface area contributed by atoms with Gasteiger partial charge in [0.25, 0.3) is 0 Å². The van der Waals surface area contributed by atoms with Crippen LogP contribution in [0.5, 0.6) is 5.88 Å². The Morgan fingerprint density at radius 3 is 3.00 bits per heavy atom. The highest BCUT2D eigenvalue weighted by Gasteiger charge is 2.13. The van der Waals surface area contributed by atoms with Gasteiger partial charge >= 0.3 is 6.61 Å². The smallest absolute Gasteiger partial charge is 0.388 e. The van der Waals surface area contributed by atoms with Crippen molar-refractivity contribution in [1.82, 2.24) is 34.9 Å². The summed E-state index contributed by atoms with van der Waals surface area (Å²) < 4.78 is 30.4. The van der Waals surface area contributed by atoms with Crippen molar-refractivity contribution in [2.24, 2.45) is 0 Å². The number of nitrogens with one attached hydrogen (secondary N) is 2. The Morgan fingerprint density at radius 2 is 2.22 bits per heavy atom. The number of alkyl halides is 2. The summed E-state index contributed by atoms with van der Waals surface area (Å²) in [5.74, 6) is 0.524. The molecule has 0 aliphatic rings. The average molecular weight is 372 g/mol. The predicted octanol–water partition coefficient (Wildman–Crippen LogP) is 2.65. The number of halogens is 2. The highest BCUT2D eigenvalue weighted by atomic mass is 19.3. The fourth-order valence-electron chi connectivity index (χ4n) is 2.58. The van der Waals surface area contributed by atoms with E-state index in [0.29, 0.717) is 29.3 Å². The SMILES string of the molecule is Cc1nn(Cc2cccnc2)c2nc(Nc3cc(OC(F)F)n[nH]3)cnc12. The topological polar surface area (TPSA) is 106 Å². The number of nitrogens with zero attached hydrogens (tertiary/aromatic N) is 6. The molecule has 0 aromatic carbocycles. The summed E-state index contributed by atoms with van der Waals surface area (Å²) in [6.45, 7) is -0.596. The lowest BCUT2D eigenvalue weighted by Crippen LogP contribution is -2.04. The van der Waals surface area contributed by atoms with Crippen LogP contribution in [0.3, 0.4) is 0 Å². The Kier molecular flexibility index (Phi) is 4.32. The van der Waals surface area contributed by atoms with Gasteiger partial charge in [-0.1, -0.05) is 6.07 Å². The minimum absolute atomic E-state index is 0.223. The average Bonchev–Trinajstić information content (AvgIpc) is 3.20. The van der Waals surface area contributed by atoms with Gasteiger partial charge in [-0.05, 0) is 18.6 Å². The summed E-state index contributed by atoms with van der Waals surface area (Å²) >= 11 is 0. The summed E-state index contributed by atoms with van der Waals surface area (Å²) in [4.78, 5) is 13.0. The van der Waals surface area contributed by atoms with Crippen LogP contribution >= 0.6 is 0 Å². The number of hydrogen-bond donors (Lipinski definition) is 2. The lowest BCUT2D eigenvalue weighted by atomic mass is 10.3. The highest BCUT2D eigenvalue weighted by molar-refractivity contribution is 5.75. The summed E-state index contributed by atoms with van der Waals surface area (Å²) in [7, 11) is 0. The maximum absolute atomic E-state index is 12.2. The molecular formula is C16H14F2N8O. The monoisotopic (exact) mass is 372 g/mol. The molecule has 0 amide bonds. The zero-order chi connectivity index (χ0) is 18.8. The van der Waals surface area contributed by atoms with E-state index in [9.17, 15) is 8.78 Å². The van der Waals surface area contributed by atoms with E-state index in [1.165, 1.54) is 12.3 Å². The second-order valence-electron chi connectivity index (χ2n) is 5.66. The van der Waals surface area contributed by atoms with Gasteiger partial charge in [0.1, 0.15) is 11.3 Å². The van der Waals surface area contributed by atoms with E-state index in [-0.39, 0.29) is 5.88 Å². The van der Waals surface area contributed by atoms with Crippen molar-refractivity contribution in [2.45, 2.75) is 20.1 Å². The first-order chi connectivity index (χ1) is 13.1. The first kappa shape index (κ1) is 16.8. The van der Waals surface area contributed by atoms with Crippen molar-refractivity contribution in [3.05, 3.63) is 48.0 Å². The minimum atomic E-state index is -2.94. The number of anilines is 2. The van der Waals surface area contributed by atoms with Crippen LogP contribution in [0.25, 0.3) is 11.2 Å². The van der Waals surface area contributed by atoms with Crippen molar-refractivity contribution in [3.63, 3.8) is 0 Å². The Morgan fingerprint density at radius 1 is 1.33 bits per heavy atom. The van der Waals surface area contributed by atoms with Crippen LogP contribution in [0.15, 0.2) is 36.8 Å². The van der Waals surface area contributed by atoms with E-state index in [1.54, 1.807) is 17.1 Å². The van der Waals surface area contributed by atoms with Gasteiger partial charge in [0, 0.05) is 18.5 Å². The van der Waals surface area contributed by atoms with Gasteiger partial charge in [-0.3, -0.25) is 10.1 Å². The molecule has 9 nitrogen and oxygen atoms in total. The molecule has 0 aliphatic carbocycles. The van der Waals surface area contributed by atoms with E-state index in [4.69, 9.17) is 0 Å². The van der Waals surface area contributed by atoms with Gasteiger partial charge < -0.3 is 10.1 Å². The molecule has 0 unspecified atom stereocenters. The molecule has 4 heterocycles. The quantitative estimate of drug-likeness (QED) is 0.536. The number of aromatic amines is 1. The maximum atomic E-state index is 12.2. The summed E-state index contributed by atoms with van der Waals surface area (Å²) in [6.07, 6.45) is 4.99. The number of aryl methyl sites for hydroxylation is 1. The van der Waals surface area contributed by atoms with E-state index in [2.05, 4.69) is 40.3 Å². The predicted molar refractivity (Wildman–Crippen MR) is 91.9 cm³/mol. The number of fused-ring (bicyclic) bond motifs is 1. The fraction of sp³-hybridized carbons (Fsp3) is 0.188. The molecule has 11 heteroatoms. The number of pyridine rings is 1. The molecule has 4 rings (SSSR count). The molecule has 4 aromatic rings. The number of ether oxygens (including phenoxy) is 1. The van der Waals surface area contributed by atoms with Crippen molar-refractivity contribution in [1.29, 1.82) is 0 Å². The molecule has 0 bridgehead atoms. The van der Waals surface area contributed by atoms with E-state index >= 15 is 0 Å². The molecule has 0 saturated carbocycles. The third-order valence-electron chi connectivity index (χ3n) is 3.69. The first-order valence-electron chi connectivity index (χ1n) is 7.95. The number of aromatic nitrogens is 7. The van der Waals surface area contributed by atoms with Crippen LogP contribution in [-0.4, -0.2) is 41.5 Å². The summed E-state index contributed by atoms with van der Waals surface area (Å²) in [5.41, 5.74) is 2.99. The second kappa shape index (κ2) is 6.94. The van der Waals surface area contributed by atoms with Crippen LogP contribution in [0.4, 0.5) is 20.4 Å². The minimum Gasteiger partial charge on any atom is -0.415 e. The molecule has 0 radical (unpaired) electrons. The van der Waals surface area contributed by atoms with Gasteiger partial charge in [-0.2, -0.15) is 13.9 Å². The lowest BCUT2D eigenvalue weighted by molar-refractivity contribution is -0.0528. The molecule has 4 aromatic heterocycles. The third kappa shape index (κ3) is 3.66. The molecular weight excluding hydrogens is 358 g/mol. The Balaban J connectivity index is 1.61. The molecule has 0 atom stereocenters. The molecule has 0 aliphatic heterocycles. The van der Waals surface area contributed by atoms with E-state index in [0.717, 1.165) is 11.3 Å². The lowest BCUT2D eigenvalue weighted by Gasteiger charge is -2.05. The normalized spacial score (nSPS) is 11.3. The van der Waals surface area contributed by atoms with Crippen LogP contribution in [-0.2, 0) is 6.54 Å². The molecule has 27 heavy (non-hydrogen) atoms. The van der Waals surface area contributed by atoms with Crippen LogP contribution < -0.4 is 10.1 Å². The summed E-state index contributed by atoms with van der Waals surface area (Å²) in [6, 6.07) is 5.10. The number of H-pyrrole nitrogens is 1. The highest BCUT2D eigenvalue weighted by Crippen LogP contribution is 2.21. The van der Waals surface area contributed by atoms with E-state index in [1.807, 2.05) is 19.1 Å². The molecule has 0 fully saturated rings.